The molecule has 0 amide bonds. The lowest BCUT2D eigenvalue weighted by Gasteiger charge is -2.23. The summed E-state index contributed by atoms with van der Waals surface area (Å²) in [5, 5.41) is 19.0. The molecule has 19 heavy (non-hydrogen) atoms. The molecule has 1 aromatic carbocycles. The van der Waals surface area contributed by atoms with Crippen LogP contribution in [0.2, 0.25) is 0 Å². The summed E-state index contributed by atoms with van der Waals surface area (Å²) in [7, 11) is 0. The Labute approximate surface area is 112 Å². The van der Waals surface area contributed by atoms with Gasteiger partial charge in [-0.25, -0.2) is 4.98 Å². The minimum atomic E-state index is -0.428. The average molecular weight is 263 g/mol. The minimum absolute atomic E-state index is 0.428. The molecule has 1 aromatic heterocycles. The Balaban J connectivity index is 2.10. The van der Waals surface area contributed by atoms with Crippen LogP contribution in [0.4, 0.5) is 0 Å². The summed E-state index contributed by atoms with van der Waals surface area (Å²) >= 11 is 0. The summed E-state index contributed by atoms with van der Waals surface area (Å²) in [4.78, 5) is 9.76. The van der Waals surface area contributed by atoms with Gasteiger partial charge in [-0.2, -0.15) is 0 Å². The van der Waals surface area contributed by atoms with E-state index in [0.29, 0.717) is 19.6 Å². The molecule has 0 aliphatic heterocycles. The lowest BCUT2D eigenvalue weighted by Crippen LogP contribution is -2.36. The van der Waals surface area contributed by atoms with Gasteiger partial charge in [0, 0.05) is 13.1 Å². The van der Waals surface area contributed by atoms with Crippen molar-refractivity contribution in [2.24, 2.45) is 0 Å². The van der Waals surface area contributed by atoms with Crippen molar-refractivity contribution in [3.8, 4) is 0 Å². The molecule has 2 unspecified atom stereocenters. The van der Waals surface area contributed by atoms with Gasteiger partial charge in [-0.1, -0.05) is 12.1 Å². The Morgan fingerprint density at radius 1 is 1.16 bits per heavy atom. The van der Waals surface area contributed by atoms with Gasteiger partial charge < -0.3 is 15.2 Å². The van der Waals surface area contributed by atoms with Crippen molar-refractivity contribution in [3.63, 3.8) is 0 Å². The second-order valence-corrected chi connectivity index (χ2v) is 5.09. The van der Waals surface area contributed by atoms with Crippen molar-refractivity contribution < 1.29 is 10.2 Å². The number of benzene rings is 1. The van der Waals surface area contributed by atoms with E-state index in [2.05, 4.69) is 9.97 Å². The molecule has 0 saturated carbocycles. The quantitative estimate of drug-likeness (QED) is 0.730. The number of hydrogen-bond donors (Lipinski definition) is 3. The van der Waals surface area contributed by atoms with Crippen molar-refractivity contribution >= 4 is 11.0 Å². The standard InChI is InChI=1S/C14H21N3O2/c1-10(18)7-17(8-11(2)19)9-14-15-12-5-3-4-6-13(12)16-14/h3-6,10-11,18-19H,7-9H2,1-2H3,(H,15,16). The summed E-state index contributed by atoms with van der Waals surface area (Å²) < 4.78 is 0. The van der Waals surface area contributed by atoms with Crippen LogP contribution in [0.25, 0.3) is 11.0 Å². The highest BCUT2D eigenvalue weighted by Crippen LogP contribution is 2.12. The molecule has 2 aromatic rings. The van der Waals surface area contributed by atoms with Crippen LogP contribution in [-0.4, -0.2) is 50.4 Å². The number of fused-ring (bicyclic) bond motifs is 1. The molecular weight excluding hydrogens is 242 g/mol. The zero-order valence-corrected chi connectivity index (χ0v) is 11.4. The van der Waals surface area contributed by atoms with E-state index < -0.39 is 12.2 Å². The van der Waals surface area contributed by atoms with E-state index in [1.807, 2.05) is 29.2 Å². The third kappa shape index (κ3) is 4.02. The maximum Gasteiger partial charge on any atom is 0.121 e. The number of aliphatic hydroxyl groups excluding tert-OH is 2. The van der Waals surface area contributed by atoms with Crippen LogP contribution < -0.4 is 0 Å². The molecule has 2 atom stereocenters. The van der Waals surface area contributed by atoms with Crippen molar-refractivity contribution in [3.05, 3.63) is 30.1 Å². The van der Waals surface area contributed by atoms with E-state index in [1.165, 1.54) is 0 Å². The lowest BCUT2D eigenvalue weighted by molar-refractivity contribution is 0.0781. The van der Waals surface area contributed by atoms with Crippen LogP contribution in [-0.2, 0) is 6.54 Å². The number of aliphatic hydroxyl groups is 2. The van der Waals surface area contributed by atoms with E-state index >= 15 is 0 Å². The van der Waals surface area contributed by atoms with E-state index in [4.69, 9.17) is 0 Å². The molecule has 0 fully saturated rings. The molecule has 0 bridgehead atoms. The summed E-state index contributed by atoms with van der Waals surface area (Å²) in [5.41, 5.74) is 1.94. The van der Waals surface area contributed by atoms with Gasteiger partial charge in [0.05, 0.1) is 29.8 Å². The minimum Gasteiger partial charge on any atom is -0.392 e. The number of aromatic amines is 1. The fraction of sp³-hybridized carbons (Fsp3) is 0.500. The fourth-order valence-electron chi connectivity index (χ4n) is 2.24. The van der Waals surface area contributed by atoms with E-state index in [1.54, 1.807) is 13.8 Å². The van der Waals surface area contributed by atoms with E-state index in [-0.39, 0.29) is 0 Å². The largest absolute Gasteiger partial charge is 0.392 e. The fourth-order valence-corrected chi connectivity index (χ4v) is 2.24. The highest BCUT2D eigenvalue weighted by atomic mass is 16.3. The van der Waals surface area contributed by atoms with E-state index in [0.717, 1.165) is 16.9 Å². The highest BCUT2D eigenvalue weighted by Gasteiger charge is 2.13. The first-order valence-electron chi connectivity index (χ1n) is 6.56. The zero-order valence-electron chi connectivity index (χ0n) is 11.4. The van der Waals surface area contributed by atoms with Crippen LogP contribution in [0.3, 0.4) is 0 Å². The number of nitrogens with one attached hydrogen (secondary N) is 1. The second kappa shape index (κ2) is 6.14. The second-order valence-electron chi connectivity index (χ2n) is 5.09. The molecule has 0 radical (unpaired) electrons. The Hall–Kier alpha value is -1.43. The first kappa shape index (κ1) is 14.0. The molecule has 5 heteroatoms. The smallest absolute Gasteiger partial charge is 0.121 e. The predicted molar refractivity (Wildman–Crippen MR) is 74.7 cm³/mol. The molecule has 0 aliphatic rings. The van der Waals surface area contributed by atoms with Crippen molar-refractivity contribution in [2.45, 2.75) is 32.6 Å². The summed E-state index contributed by atoms with van der Waals surface area (Å²) in [5.74, 6) is 0.850. The first-order valence-corrected chi connectivity index (χ1v) is 6.56. The Bertz CT molecular complexity index is 479. The Kier molecular flexibility index (Phi) is 4.52. The third-order valence-electron chi connectivity index (χ3n) is 2.86. The van der Waals surface area contributed by atoms with Crippen LogP contribution in [0, 0.1) is 0 Å². The first-order chi connectivity index (χ1) is 9.04. The monoisotopic (exact) mass is 263 g/mol. The van der Waals surface area contributed by atoms with Gasteiger partial charge >= 0.3 is 0 Å². The van der Waals surface area contributed by atoms with Crippen LogP contribution in [0.5, 0.6) is 0 Å². The Morgan fingerprint density at radius 2 is 1.79 bits per heavy atom. The normalized spacial score (nSPS) is 15.0. The maximum absolute atomic E-state index is 9.50. The number of H-pyrrole nitrogens is 1. The summed E-state index contributed by atoms with van der Waals surface area (Å²) in [6.45, 7) is 5.11. The van der Waals surface area contributed by atoms with Gasteiger partial charge in [0.15, 0.2) is 0 Å². The van der Waals surface area contributed by atoms with Crippen LogP contribution in [0.15, 0.2) is 24.3 Å². The molecule has 104 valence electrons. The van der Waals surface area contributed by atoms with Gasteiger partial charge in [-0.05, 0) is 26.0 Å². The SMILES string of the molecule is CC(O)CN(Cc1nc2ccccc2[nH]1)CC(C)O. The molecule has 3 N–H and O–H groups in total. The highest BCUT2D eigenvalue weighted by molar-refractivity contribution is 5.74. The number of imidazole rings is 1. The Morgan fingerprint density at radius 3 is 2.37 bits per heavy atom. The number of rotatable bonds is 6. The van der Waals surface area contributed by atoms with Gasteiger partial charge in [0.25, 0.3) is 0 Å². The molecule has 5 nitrogen and oxygen atoms in total. The number of aromatic nitrogens is 2. The van der Waals surface area contributed by atoms with Gasteiger partial charge in [0.1, 0.15) is 5.82 Å². The summed E-state index contributed by atoms with van der Waals surface area (Å²) in [6.07, 6.45) is -0.855. The average Bonchev–Trinajstić information content (AvgIpc) is 2.68. The predicted octanol–water partition coefficient (Wildman–Crippen LogP) is 1.13. The van der Waals surface area contributed by atoms with Crippen molar-refractivity contribution in [2.75, 3.05) is 13.1 Å². The van der Waals surface area contributed by atoms with Gasteiger partial charge in [-0.15, -0.1) is 0 Å². The number of nitrogens with zero attached hydrogens (tertiary/aromatic N) is 2. The van der Waals surface area contributed by atoms with Crippen molar-refractivity contribution in [1.82, 2.24) is 14.9 Å². The molecule has 2 rings (SSSR count). The molecule has 0 spiro atoms. The van der Waals surface area contributed by atoms with E-state index in [9.17, 15) is 10.2 Å². The van der Waals surface area contributed by atoms with Crippen molar-refractivity contribution in [1.29, 1.82) is 0 Å². The number of para-hydroxylation sites is 2. The molecule has 0 saturated heterocycles. The third-order valence-corrected chi connectivity index (χ3v) is 2.86. The summed E-state index contributed by atoms with van der Waals surface area (Å²) in [6, 6.07) is 7.87. The van der Waals surface area contributed by atoms with Gasteiger partial charge in [-0.3, -0.25) is 4.90 Å². The zero-order chi connectivity index (χ0) is 13.8. The maximum atomic E-state index is 9.50. The molecular formula is C14H21N3O2. The van der Waals surface area contributed by atoms with Crippen LogP contribution >= 0.6 is 0 Å². The topological polar surface area (TPSA) is 72.4 Å². The lowest BCUT2D eigenvalue weighted by atomic mass is 10.3. The molecule has 0 aliphatic carbocycles. The van der Waals surface area contributed by atoms with Crippen LogP contribution in [0.1, 0.15) is 19.7 Å². The number of hydrogen-bond acceptors (Lipinski definition) is 4. The molecule has 1 heterocycles. The van der Waals surface area contributed by atoms with Gasteiger partial charge in [0.2, 0.25) is 0 Å².